The molecule has 3 N–H and O–H groups in total. The van der Waals surface area contributed by atoms with Crippen molar-refractivity contribution in [1.82, 2.24) is 24.8 Å². The zero-order valence-corrected chi connectivity index (χ0v) is 20.3. The van der Waals surface area contributed by atoms with E-state index in [0.717, 1.165) is 62.9 Å². The Morgan fingerprint density at radius 2 is 1.73 bits per heavy atom. The fourth-order valence-electron chi connectivity index (χ4n) is 4.36. The molecule has 0 unspecified atom stereocenters. The standard InChI is InChI=1S/C26H27F2N7O2/c27-21-14-20(15-22(28)16-21)23-5-6-24(36)35(31-23)17-18-3-1-4-19(13-18)25-30-26(37-32-25)34-11-9-33(10-12-34)8-2-7-29/h1,3-6,13-16H,2,7-12,17,29H2/p+1. The average molecular weight is 509 g/mol. The molecule has 5 rings (SSSR count). The molecule has 37 heavy (non-hydrogen) atoms. The molecule has 1 aliphatic rings. The predicted molar refractivity (Wildman–Crippen MR) is 134 cm³/mol. The molecule has 0 radical (unpaired) electrons. The molecule has 4 aromatic rings. The third-order valence-corrected chi connectivity index (χ3v) is 6.32. The number of benzene rings is 2. The van der Waals surface area contributed by atoms with Gasteiger partial charge in [-0.25, -0.2) is 13.5 Å². The van der Waals surface area contributed by atoms with Gasteiger partial charge in [-0.05, 0) is 29.8 Å². The van der Waals surface area contributed by atoms with Crippen LogP contribution in [0.5, 0.6) is 0 Å². The molecule has 0 atom stereocenters. The Morgan fingerprint density at radius 3 is 2.49 bits per heavy atom. The molecule has 0 saturated carbocycles. The van der Waals surface area contributed by atoms with Crippen LogP contribution in [0.25, 0.3) is 22.6 Å². The van der Waals surface area contributed by atoms with Crippen LogP contribution in [0, 0.1) is 11.6 Å². The first-order chi connectivity index (χ1) is 18.0. The fourth-order valence-corrected chi connectivity index (χ4v) is 4.36. The molecular weight excluding hydrogens is 480 g/mol. The number of piperazine rings is 1. The monoisotopic (exact) mass is 508 g/mol. The third kappa shape index (κ3) is 5.89. The Hall–Kier alpha value is -3.96. The highest BCUT2D eigenvalue weighted by molar-refractivity contribution is 5.59. The first-order valence-electron chi connectivity index (χ1n) is 12.2. The predicted octanol–water partition coefficient (Wildman–Crippen LogP) is 2.04. The van der Waals surface area contributed by atoms with Crippen LogP contribution < -0.4 is 16.2 Å². The lowest BCUT2D eigenvalue weighted by atomic mass is 10.1. The van der Waals surface area contributed by atoms with Crippen molar-refractivity contribution in [2.45, 2.75) is 13.0 Å². The summed E-state index contributed by atoms with van der Waals surface area (Å²) in [5.41, 5.74) is 5.66. The van der Waals surface area contributed by atoms with E-state index >= 15 is 0 Å². The molecule has 0 spiro atoms. The van der Waals surface area contributed by atoms with Crippen LogP contribution >= 0.6 is 0 Å². The van der Waals surface area contributed by atoms with E-state index in [-0.39, 0.29) is 17.7 Å². The van der Waals surface area contributed by atoms with Gasteiger partial charge in [-0.15, -0.1) is 0 Å². The number of aromatic nitrogens is 4. The summed E-state index contributed by atoms with van der Waals surface area (Å²) in [4.78, 5) is 21.6. The number of halogens is 2. The van der Waals surface area contributed by atoms with E-state index in [1.54, 1.807) is 0 Å². The van der Waals surface area contributed by atoms with Crippen molar-refractivity contribution < 1.29 is 19.0 Å². The molecule has 0 aliphatic carbocycles. The lowest BCUT2D eigenvalue weighted by Gasteiger charge is -2.33. The second-order valence-corrected chi connectivity index (χ2v) is 9.01. The van der Waals surface area contributed by atoms with Gasteiger partial charge >= 0.3 is 6.01 Å². The number of anilines is 1. The second-order valence-electron chi connectivity index (χ2n) is 9.01. The topological polar surface area (TPSA) is 108 Å². The van der Waals surface area contributed by atoms with Crippen molar-refractivity contribution in [3.63, 3.8) is 0 Å². The molecule has 0 bridgehead atoms. The zero-order chi connectivity index (χ0) is 25.8. The summed E-state index contributed by atoms with van der Waals surface area (Å²) in [7, 11) is 0. The number of quaternary nitrogens is 1. The molecule has 1 saturated heterocycles. The molecule has 2 aromatic carbocycles. The molecule has 1 aliphatic heterocycles. The highest BCUT2D eigenvalue weighted by Gasteiger charge is 2.21. The van der Waals surface area contributed by atoms with Crippen LogP contribution in [0.4, 0.5) is 14.8 Å². The summed E-state index contributed by atoms with van der Waals surface area (Å²) >= 11 is 0. The van der Waals surface area contributed by atoms with Crippen molar-refractivity contribution in [3.8, 4) is 22.6 Å². The van der Waals surface area contributed by atoms with Gasteiger partial charge in [0.2, 0.25) is 5.82 Å². The van der Waals surface area contributed by atoms with E-state index in [9.17, 15) is 13.6 Å². The maximum Gasteiger partial charge on any atom is 0.324 e. The lowest BCUT2D eigenvalue weighted by molar-refractivity contribution is -0.368. The highest BCUT2D eigenvalue weighted by Crippen LogP contribution is 2.23. The quantitative estimate of drug-likeness (QED) is 0.388. The van der Waals surface area contributed by atoms with Gasteiger partial charge in [0, 0.05) is 62.4 Å². The van der Waals surface area contributed by atoms with Crippen molar-refractivity contribution in [1.29, 1.82) is 0 Å². The summed E-state index contributed by atoms with van der Waals surface area (Å²) in [6.07, 6.45) is 1.09. The van der Waals surface area contributed by atoms with Gasteiger partial charge < -0.3 is 15.2 Å². The maximum absolute atomic E-state index is 13.7. The van der Waals surface area contributed by atoms with E-state index < -0.39 is 11.6 Å². The van der Waals surface area contributed by atoms with Crippen molar-refractivity contribution >= 4 is 6.01 Å². The van der Waals surface area contributed by atoms with E-state index in [0.29, 0.717) is 17.5 Å². The van der Waals surface area contributed by atoms with Crippen molar-refractivity contribution in [2.75, 3.05) is 44.2 Å². The number of rotatable bonds is 8. The van der Waals surface area contributed by atoms with Gasteiger partial charge in [0.05, 0.1) is 18.8 Å². The zero-order valence-electron chi connectivity index (χ0n) is 20.3. The Morgan fingerprint density at radius 1 is 0.946 bits per heavy atom. The molecule has 9 nitrogen and oxygen atoms in total. The van der Waals surface area contributed by atoms with Crippen molar-refractivity contribution in [3.05, 3.63) is 82.1 Å². The molecule has 11 heteroatoms. The SMILES string of the molecule is [NH3+]CCCN1CCN(c2nc(-c3cccc(Cn4nc(-c5cc(F)cc(F)c5)ccc4=O)c3)no2)CC1. The average Bonchev–Trinajstić information content (AvgIpc) is 3.39. The summed E-state index contributed by atoms with van der Waals surface area (Å²) in [6, 6.07) is 13.9. The highest BCUT2D eigenvalue weighted by atomic mass is 19.1. The van der Waals surface area contributed by atoms with Gasteiger partial charge in [-0.3, -0.25) is 9.69 Å². The van der Waals surface area contributed by atoms with Gasteiger partial charge in [0.25, 0.3) is 5.56 Å². The van der Waals surface area contributed by atoms with E-state index in [4.69, 9.17) is 4.52 Å². The van der Waals surface area contributed by atoms with Crippen LogP contribution in [-0.4, -0.2) is 64.1 Å². The number of hydrogen-bond acceptors (Lipinski definition) is 7. The second kappa shape index (κ2) is 11.0. The largest absolute Gasteiger partial charge is 0.358 e. The molecule has 192 valence electrons. The Bertz CT molecular complexity index is 1410. The van der Waals surface area contributed by atoms with Crippen LogP contribution in [0.3, 0.4) is 0 Å². The first-order valence-corrected chi connectivity index (χ1v) is 12.2. The Balaban J connectivity index is 1.31. The minimum atomic E-state index is -0.711. The van der Waals surface area contributed by atoms with Gasteiger partial charge in [-0.2, -0.15) is 10.1 Å². The number of nitrogens with zero attached hydrogens (tertiary/aromatic N) is 6. The molecule has 2 aromatic heterocycles. The minimum absolute atomic E-state index is 0.165. The molecule has 1 fully saturated rings. The Labute approximate surface area is 212 Å². The molecule has 0 amide bonds. The maximum atomic E-state index is 13.7. The normalized spacial score (nSPS) is 14.3. The summed E-state index contributed by atoms with van der Waals surface area (Å²) < 4.78 is 34.1. The summed E-state index contributed by atoms with van der Waals surface area (Å²) in [5, 5.41) is 8.48. The Kier molecular flexibility index (Phi) is 7.33. The van der Waals surface area contributed by atoms with E-state index in [1.807, 2.05) is 24.3 Å². The van der Waals surface area contributed by atoms with Crippen LogP contribution in [0.1, 0.15) is 12.0 Å². The molecular formula is C26H28F2N7O2+. The van der Waals surface area contributed by atoms with Gasteiger partial charge in [0.1, 0.15) is 11.6 Å². The fraction of sp³-hybridized carbons (Fsp3) is 0.308. The third-order valence-electron chi connectivity index (χ3n) is 6.32. The summed E-state index contributed by atoms with van der Waals surface area (Å²) in [5.74, 6) is -0.962. The lowest BCUT2D eigenvalue weighted by Crippen LogP contribution is -2.52. The van der Waals surface area contributed by atoms with Crippen LogP contribution in [0.15, 0.2) is 63.9 Å². The van der Waals surface area contributed by atoms with Crippen LogP contribution in [0.2, 0.25) is 0 Å². The van der Waals surface area contributed by atoms with Gasteiger partial charge in [-0.1, -0.05) is 23.4 Å². The van der Waals surface area contributed by atoms with E-state index in [1.165, 1.54) is 28.9 Å². The first kappa shape index (κ1) is 24.7. The smallest absolute Gasteiger partial charge is 0.324 e. The van der Waals surface area contributed by atoms with Crippen molar-refractivity contribution in [2.24, 2.45) is 0 Å². The summed E-state index contributed by atoms with van der Waals surface area (Å²) in [6.45, 7) is 5.68. The molecule has 3 heterocycles. The van der Waals surface area contributed by atoms with E-state index in [2.05, 4.69) is 30.8 Å². The number of hydrogen-bond donors (Lipinski definition) is 1. The van der Waals surface area contributed by atoms with Crippen LogP contribution in [-0.2, 0) is 6.54 Å². The van der Waals surface area contributed by atoms with Gasteiger partial charge in [0.15, 0.2) is 0 Å². The minimum Gasteiger partial charge on any atom is -0.358 e.